The molecule has 5 heteroatoms. The molecule has 96 valence electrons. The molecule has 3 N–H and O–H groups in total. The predicted molar refractivity (Wildman–Crippen MR) is 68.6 cm³/mol. The van der Waals surface area contributed by atoms with Gasteiger partial charge in [0.2, 0.25) is 5.91 Å². The zero-order valence-corrected chi connectivity index (χ0v) is 11.7. The lowest BCUT2D eigenvalue weighted by atomic mass is 9.74. The third-order valence-electron chi connectivity index (χ3n) is 3.12. The summed E-state index contributed by atoms with van der Waals surface area (Å²) in [5.41, 5.74) is 4.73. The second kappa shape index (κ2) is 5.77. The smallest absolute Gasteiger partial charge is 0.227 e. The van der Waals surface area contributed by atoms with Gasteiger partial charge in [0.1, 0.15) is 0 Å². The van der Waals surface area contributed by atoms with Crippen molar-refractivity contribution in [1.82, 2.24) is 5.32 Å². The second-order valence-corrected chi connectivity index (χ2v) is 6.90. The van der Waals surface area contributed by atoms with Crippen molar-refractivity contribution in [3.63, 3.8) is 0 Å². The number of hydrogen-bond donors (Lipinski definition) is 2. The van der Waals surface area contributed by atoms with E-state index < -0.39 is 21.8 Å². The van der Waals surface area contributed by atoms with Crippen molar-refractivity contribution in [3.8, 4) is 0 Å². The molecule has 1 atom stereocenters. The highest BCUT2D eigenvalue weighted by Gasteiger charge is 2.40. The lowest BCUT2D eigenvalue weighted by Crippen LogP contribution is -2.55. The van der Waals surface area contributed by atoms with Gasteiger partial charge >= 0.3 is 0 Å². The monoisotopic (exact) mass is 248 g/mol. The lowest BCUT2D eigenvalue weighted by Gasteiger charge is -2.36. The average molecular weight is 248 g/mol. The number of nitrogens with one attached hydrogen (secondary N) is 1. The van der Waals surface area contributed by atoms with Crippen LogP contribution in [0.25, 0.3) is 0 Å². The van der Waals surface area contributed by atoms with Crippen LogP contribution < -0.4 is 11.1 Å². The summed E-state index contributed by atoms with van der Waals surface area (Å²) in [6.07, 6.45) is 0. The Balaban J connectivity index is 4.22. The summed E-state index contributed by atoms with van der Waals surface area (Å²) >= 11 is 0. The fraction of sp³-hybridized carbons (Fsp3) is 0.909. The van der Waals surface area contributed by atoms with Gasteiger partial charge in [-0.25, -0.2) is 0 Å². The maximum absolute atomic E-state index is 11.9. The van der Waals surface area contributed by atoms with Gasteiger partial charge in [0.15, 0.2) is 0 Å². The van der Waals surface area contributed by atoms with Gasteiger partial charge in [-0.3, -0.25) is 9.00 Å². The summed E-state index contributed by atoms with van der Waals surface area (Å²) in [4.78, 5) is 11.9. The number of hydrogen-bond acceptors (Lipinski definition) is 3. The first-order valence-corrected chi connectivity index (χ1v) is 7.04. The highest BCUT2D eigenvalue weighted by molar-refractivity contribution is 7.84. The minimum Gasteiger partial charge on any atom is -0.355 e. The van der Waals surface area contributed by atoms with Gasteiger partial charge in [0.25, 0.3) is 0 Å². The summed E-state index contributed by atoms with van der Waals surface area (Å²) in [5.74, 6) is 1.04. The first kappa shape index (κ1) is 15.6. The Bertz CT molecular complexity index is 270. The van der Waals surface area contributed by atoms with E-state index in [1.807, 2.05) is 34.6 Å². The fourth-order valence-corrected chi connectivity index (χ4v) is 1.55. The zero-order chi connectivity index (χ0) is 13.0. The standard InChI is InChI=1S/C11H24N2O2S/c1-6-16(15)8-7-13-9(14)10(2,3)11(4,5)12/h6-8,12H2,1-5H3,(H,13,14). The highest BCUT2D eigenvalue weighted by atomic mass is 32.2. The lowest BCUT2D eigenvalue weighted by molar-refractivity contribution is -0.132. The number of carbonyl (C=O) groups is 1. The Morgan fingerprint density at radius 3 is 2.19 bits per heavy atom. The van der Waals surface area contributed by atoms with Gasteiger partial charge in [-0.2, -0.15) is 0 Å². The van der Waals surface area contributed by atoms with Gasteiger partial charge in [-0.1, -0.05) is 6.92 Å². The predicted octanol–water partition coefficient (Wildman–Crippen LogP) is 0.635. The van der Waals surface area contributed by atoms with Gasteiger partial charge in [-0.15, -0.1) is 0 Å². The molecule has 0 rings (SSSR count). The van der Waals surface area contributed by atoms with E-state index in [1.165, 1.54) is 0 Å². The van der Waals surface area contributed by atoms with Crippen LogP contribution >= 0.6 is 0 Å². The third-order valence-corrected chi connectivity index (χ3v) is 4.42. The largest absolute Gasteiger partial charge is 0.355 e. The molecule has 0 aliphatic heterocycles. The number of nitrogens with two attached hydrogens (primary N) is 1. The van der Waals surface area contributed by atoms with Crippen LogP contribution in [0, 0.1) is 5.41 Å². The first-order chi connectivity index (χ1) is 7.13. The normalized spacial score (nSPS) is 14.6. The number of amides is 1. The summed E-state index contributed by atoms with van der Waals surface area (Å²) in [7, 11) is -0.837. The minimum atomic E-state index is -0.837. The highest BCUT2D eigenvalue weighted by Crippen LogP contribution is 2.28. The molecular formula is C11H24N2O2S. The van der Waals surface area contributed by atoms with Crippen LogP contribution in [-0.4, -0.2) is 33.7 Å². The topological polar surface area (TPSA) is 72.2 Å². The quantitative estimate of drug-likeness (QED) is 0.724. The third kappa shape index (κ3) is 4.22. The molecule has 0 saturated heterocycles. The molecule has 4 nitrogen and oxygen atoms in total. The molecular weight excluding hydrogens is 224 g/mol. The van der Waals surface area contributed by atoms with Crippen LogP contribution in [0.4, 0.5) is 0 Å². The van der Waals surface area contributed by atoms with Gasteiger partial charge in [0, 0.05) is 34.4 Å². The maximum Gasteiger partial charge on any atom is 0.227 e. The van der Waals surface area contributed by atoms with E-state index in [9.17, 15) is 9.00 Å². The van der Waals surface area contributed by atoms with E-state index in [0.717, 1.165) is 0 Å². The van der Waals surface area contributed by atoms with Crippen LogP contribution in [0.5, 0.6) is 0 Å². The Morgan fingerprint density at radius 1 is 1.31 bits per heavy atom. The van der Waals surface area contributed by atoms with Gasteiger partial charge in [0.05, 0.1) is 5.41 Å². The Kier molecular flexibility index (Phi) is 5.62. The molecule has 0 aliphatic carbocycles. The molecule has 0 radical (unpaired) electrons. The molecule has 0 spiro atoms. The van der Waals surface area contributed by atoms with Crippen LogP contribution in [0.15, 0.2) is 0 Å². The minimum absolute atomic E-state index is 0.0897. The molecule has 0 heterocycles. The van der Waals surface area contributed by atoms with Crippen molar-refractivity contribution < 1.29 is 9.00 Å². The molecule has 0 aliphatic rings. The van der Waals surface area contributed by atoms with Crippen molar-refractivity contribution in [2.24, 2.45) is 11.1 Å². The van der Waals surface area contributed by atoms with Crippen molar-refractivity contribution >= 4 is 16.7 Å². The van der Waals surface area contributed by atoms with Crippen molar-refractivity contribution in [2.45, 2.75) is 40.2 Å². The van der Waals surface area contributed by atoms with E-state index in [2.05, 4.69) is 5.32 Å². The van der Waals surface area contributed by atoms with Crippen molar-refractivity contribution in [2.75, 3.05) is 18.1 Å². The van der Waals surface area contributed by atoms with Crippen LogP contribution in [0.1, 0.15) is 34.6 Å². The van der Waals surface area contributed by atoms with Crippen molar-refractivity contribution in [1.29, 1.82) is 0 Å². The summed E-state index contributed by atoms with van der Waals surface area (Å²) in [6, 6.07) is 0. The zero-order valence-electron chi connectivity index (χ0n) is 10.9. The van der Waals surface area contributed by atoms with E-state index in [4.69, 9.17) is 5.73 Å². The number of rotatable bonds is 6. The summed E-state index contributed by atoms with van der Waals surface area (Å²) in [5, 5.41) is 2.78. The van der Waals surface area contributed by atoms with Gasteiger partial charge < -0.3 is 11.1 Å². The molecule has 1 amide bonds. The molecule has 0 aromatic rings. The fourth-order valence-electron chi connectivity index (χ4n) is 0.936. The van der Waals surface area contributed by atoms with Crippen LogP contribution in [0.3, 0.4) is 0 Å². The molecule has 0 bridgehead atoms. The Morgan fingerprint density at radius 2 is 1.81 bits per heavy atom. The van der Waals surface area contributed by atoms with Crippen molar-refractivity contribution in [3.05, 3.63) is 0 Å². The van der Waals surface area contributed by atoms with E-state index >= 15 is 0 Å². The molecule has 0 fully saturated rings. The summed E-state index contributed by atoms with van der Waals surface area (Å²) in [6.45, 7) is 9.61. The molecule has 0 aromatic heterocycles. The van der Waals surface area contributed by atoms with Crippen LogP contribution in [-0.2, 0) is 15.6 Å². The van der Waals surface area contributed by atoms with Gasteiger partial charge in [-0.05, 0) is 27.7 Å². The Labute approximate surface area is 101 Å². The average Bonchev–Trinajstić information content (AvgIpc) is 2.15. The molecule has 0 saturated carbocycles. The van der Waals surface area contributed by atoms with Crippen LogP contribution in [0.2, 0.25) is 0 Å². The molecule has 1 unspecified atom stereocenters. The first-order valence-electron chi connectivity index (χ1n) is 5.55. The molecule has 16 heavy (non-hydrogen) atoms. The Hall–Kier alpha value is -0.420. The van der Waals surface area contributed by atoms with E-state index in [-0.39, 0.29) is 5.91 Å². The maximum atomic E-state index is 11.9. The van der Waals surface area contributed by atoms with E-state index in [1.54, 1.807) is 0 Å². The summed E-state index contributed by atoms with van der Waals surface area (Å²) < 4.78 is 11.2. The van der Waals surface area contributed by atoms with E-state index in [0.29, 0.717) is 18.1 Å². The SMILES string of the molecule is CCS(=O)CCNC(=O)C(C)(C)C(C)(C)N. The number of carbonyl (C=O) groups excluding carboxylic acids is 1. The molecule has 0 aromatic carbocycles. The second-order valence-electron chi connectivity index (χ2n) is 5.04.